The van der Waals surface area contributed by atoms with Crippen LogP contribution < -0.4 is 5.32 Å². The molecule has 2 heterocycles. The molecule has 0 saturated carbocycles. The Morgan fingerprint density at radius 3 is 2.46 bits per heavy atom. The van der Waals surface area contributed by atoms with Crippen molar-refractivity contribution in [2.45, 2.75) is 33.7 Å². The van der Waals surface area contributed by atoms with Crippen LogP contribution in [-0.4, -0.2) is 45.2 Å². The number of pyridine rings is 1. The molecule has 0 saturated heterocycles. The summed E-state index contributed by atoms with van der Waals surface area (Å²) in [5, 5.41) is 8.46. The number of fused-ring (bicyclic) bond motifs is 1. The molecule has 0 aliphatic rings. The number of carbonyl (C=O) groups excluding carboxylic acids is 1. The van der Waals surface area contributed by atoms with Crippen molar-refractivity contribution in [2.75, 3.05) is 19.6 Å². The normalized spacial score (nSPS) is 12.5. The number of hydrogen-bond acceptors (Lipinski definition) is 4. The molecule has 3 aromatic rings. The minimum Gasteiger partial charge on any atom is -0.350 e. The van der Waals surface area contributed by atoms with E-state index in [0.717, 1.165) is 29.8 Å². The zero-order valence-electron chi connectivity index (χ0n) is 17.4. The molecule has 1 aromatic carbocycles. The van der Waals surface area contributed by atoms with Gasteiger partial charge >= 0.3 is 0 Å². The van der Waals surface area contributed by atoms with Gasteiger partial charge in [0.25, 0.3) is 5.91 Å². The highest BCUT2D eigenvalue weighted by Gasteiger charge is 2.20. The van der Waals surface area contributed by atoms with Gasteiger partial charge in [-0.05, 0) is 38.6 Å². The fourth-order valence-electron chi connectivity index (χ4n) is 3.74. The smallest absolute Gasteiger partial charge is 0.253 e. The second-order valence-electron chi connectivity index (χ2n) is 7.06. The summed E-state index contributed by atoms with van der Waals surface area (Å²) in [7, 11) is 1.87. The lowest BCUT2D eigenvalue weighted by atomic mass is 10.0. The van der Waals surface area contributed by atoms with Crippen molar-refractivity contribution in [2.24, 2.45) is 7.05 Å². The molecule has 0 aliphatic carbocycles. The molecule has 0 aliphatic heterocycles. The quantitative estimate of drug-likeness (QED) is 0.683. The maximum absolute atomic E-state index is 13.0. The SMILES string of the molecule is CCN(CC)C(CNC(=O)c1cc2c(C)nn(C)c2nc1C)c1ccccc1. The number of aromatic nitrogens is 3. The van der Waals surface area contributed by atoms with Gasteiger partial charge in [0.15, 0.2) is 5.65 Å². The Labute approximate surface area is 166 Å². The highest BCUT2D eigenvalue weighted by Crippen LogP contribution is 2.21. The maximum atomic E-state index is 13.0. The van der Waals surface area contributed by atoms with Crippen LogP contribution >= 0.6 is 0 Å². The van der Waals surface area contributed by atoms with Crippen LogP contribution in [0.3, 0.4) is 0 Å². The van der Waals surface area contributed by atoms with E-state index in [1.807, 2.05) is 45.2 Å². The van der Waals surface area contributed by atoms with E-state index in [1.54, 1.807) is 4.68 Å². The molecule has 2 aromatic heterocycles. The zero-order chi connectivity index (χ0) is 20.3. The minimum absolute atomic E-state index is 0.0942. The predicted molar refractivity (Wildman–Crippen MR) is 112 cm³/mol. The Morgan fingerprint density at radius 1 is 1.14 bits per heavy atom. The summed E-state index contributed by atoms with van der Waals surface area (Å²) in [6.07, 6.45) is 0. The Balaban J connectivity index is 1.84. The number of likely N-dealkylation sites (N-methyl/N-ethyl adjacent to an activating group) is 1. The topological polar surface area (TPSA) is 63.1 Å². The molecule has 28 heavy (non-hydrogen) atoms. The second kappa shape index (κ2) is 8.52. The first-order valence-electron chi connectivity index (χ1n) is 9.84. The molecule has 148 valence electrons. The average Bonchev–Trinajstić information content (AvgIpc) is 2.97. The highest BCUT2D eigenvalue weighted by molar-refractivity contribution is 5.98. The summed E-state index contributed by atoms with van der Waals surface area (Å²) in [6.45, 7) is 10.5. The van der Waals surface area contributed by atoms with Crippen LogP contribution in [0.15, 0.2) is 36.4 Å². The first-order valence-corrected chi connectivity index (χ1v) is 9.84. The average molecular weight is 380 g/mol. The van der Waals surface area contributed by atoms with Crippen LogP contribution in [0, 0.1) is 13.8 Å². The number of benzene rings is 1. The molecule has 0 spiro atoms. The van der Waals surface area contributed by atoms with Crippen molar-refractivity contribution in [1.29, 1.82) is 0 Å². The van der Waals surface area contributed by atoms with Gasteiger partial charge in [-0.3, -0.25) is 14.4 Å². The van der Waals surface area contributed by atoms with E-state index in [0.29, 0.717) is 17.8 Å². The van der Waals surface area contributed by atoms with Crippen molar-refractivity contribution >= 4 is 16.9 Å². The third-order valence-electron chi connectivity index (χ3n) is 5.33. The van der Waals surface area contributed by atoms with E-state index in [2.05, 4.69) is 46.3 Å². The Hall–Kier alpha value is -2.73. The van der Waals surface area contributed by atoms with Crippen LogP contribution in [0.4, 0.5) is 0 Å². The third-order valence-corrected chi connectivity index (χ3v) is 5.33. The van der Waals surface area contributed by atoms with E-state index < -0.39 is 0 Å². The lowest BCUT2D eigenvalue weighted by molar-refractivity contribution is 0.0934. The van der Waals surface area contributed by atoms with Crippen molar-refractivity contribution in [1.82, 2.24) is 25.0 Å². The summed E-state index contributed by atoms with van der Waals surface area (Å²) < 4.78 is 1.76. The molecule has 0 radical (unpaired) electrons. The molecule has 1 atom stereocenters. The van der Waals surface area contributed by atoms with Gasteiger partial charge in [-0.25, -0.2) is 4.98 Å². The molecule has 1 unspecified atom stereocenters. The molecular formula is C22H29N5O. The number of hydrogen-bond donors (Lipinski definition) is 1. The van der Waals surface area contributed by atoms with Crippen molar-refractivity contribution in [3.8, 4) is 0 Å². The lowest BCUT2D eigenvalue weighted by Gasteiger charge is -2.30. The van der Waals surface area contributed by atoms with E-state index in [9.17, 15) is 4.79 Å². The zero-order valence-corrected chi connectivity index (χ0v) is 17.4. The molecule has 0 fully saturated rings. The molecule has 3 rings (SSSR count). The van der Waals surface area contributed by atoms with Crippen LogP contribution in [0.5, 0.6) is 0 Å². The number of aryl methyl sites for hydroxylation is 3. The van der Waals surface area contributed by atoms with Crippen LogP contribution in [-0.2, 0) is 7.05 Å². The summed E-state index contributed by atoms with van der Waals surface area (Å²) in [6, 6.07) is 12.4. The van der Waals surface area contributed by atoms with Crippen LogP contribution in [0.2, 0.25) is 0 Å². The summed E-state index contributed by atoms with van der Waals surface area (Å²) in [4.78, 5) is 19.9. The molecule has 6 nitrogen and oxygen atoms in total. The van der Waals surface area contributed by atoms with E-state index in [4.69, 9.17) is 0 Å². The lowest BCUT2D eigenvalue weighted by Crippen LogP contribution is -2.38. The summed E-state index contributed by atoms with van der Waals surface area (Å²) >= 11 is 0. The van der Waals surface area contributed by atoms with Gasteiger partial charge < -0.3 is 5.32 Å². The monoisotopic (exact) mass is 379 g/mol. The van der Waals surface area contributed by atoms with Gasteiger partial charge in [0.2, 0.25) is 0 Å². The van der Waals surface area contributed by atoms with E-state index in [-0.39, 0.29) is 11.9 Å². The molecule has 0 bridgehead atoms. The third kappa shape index (κ3) is 3.92. The van der Waals surface area contributed by atoms with Crippen molar-refractivity contribution in [3.05, 3.63) is 58.9 Å². The number of nitrogens with zero attached hydrogens (tertiary/aromatic N) is 4. The largest absolute Gasteiger partial charge is 0.350 e. The van der Waals surface area contributed by atoms with Gasteiger partial charge in [-0.15, -0.1) is 0 Å². The van der Waals surface area contributed by atoms with E-state index >= 15 is 0 Å². The number of rotatable bonds is 7. The maximum Gasteiger partial charge on any atom is 0.253 e. The van der Waals surface area contributed by atoms with Gasteiger partial charge in [0.05, 0.1) is 23.0 Å². The second-order valence-corrected chi connectivity index (χ2v) is 7.06. The number of carbonyl (C=O) groups is 1. The molecular weight excluding hydrogens is 350 g/mol. The number of nitrogens with one attached hydrogen (secondary N) is 1. The Bertz CT molecular complexity index is 960. The summed E-state index contributed by atoms with van der Waals surface area (Å²) in [5.74, 6) is -0.0942. The first-order chi connectivity index (χ1) is 13.5. The van der Waals surface area contributed by atoms with Crippen molar-refractivity contribution in [3.63, 3.8) is 0 Å². The van der Waals surface area contributed by atoms with Gasteiger partial charge in [0, 0.05) is 19.0 Å². The predicted octanol–water partition coefficient (Wildman–Crippen LogP) is 3.40. The van der Waals surface area contributed by atoms with Crippen LogP contribution in [0.1, 0.15) is 47.2 Å². The molecule has 6 heteroatoms. The Kier molecular flexibility index (Phi) is 6.09. The van der Waals surface area contributed by atoms with Crippen LogP contribution in [0.25, 0.3) is 11.0 Å². The highest BCUT2D eigenvalue weighted by atomic mass is 16.1. The number of amides is 1. The van der Waals surface area contributed by atoms with Gasteiger partial charge in [-0.1, -0.05) is 44.2 Å². The fraction of sp³-hybridized carbons (Fsp3) is 0.409. The van der Waals surface area contributed by atoms with Crippen molar-refractivity contribution < 1.29 is 4.79 Å². The van der Waals surface area contributed by atoms with Gasteiger partial charge in [-0.2, -0.15) is 5.10 Å². The first kappa shape index (κ1) is 20.0. The van der Waals surface area contributed by atoms with E-state index in [1.165, 1.54) is 5.56 Å². The molecule has 1 N–H and O–H groups in total. The molecule has 1 amide bonds. The minimum atomic E-state index is -0.0942. The van der Waals surface area contributed by atoms with Gasteiger partial charge in [0.1, 0.15) is 0 Å². The standard InChI is InChI=1S/C22H29N5O/c1-6-27(7-2)20(17-11-9-8-10-12-17)14-23-22(28)19-13-18-16(4)25-26(5)21(18)24-15(19)3/h8-13,20H,6-7,14H2,1-5H3,(H,23,28). The Morgan fingerprint density at radius 2 is 1.82 bits per heavy atom. The fourth-order valence-corrected chi connectivity index (χ4v) is 3.74. The summed E-state index contributed by atoms with van der Waals surface area (Å²) in [5.41, 5.74) is 4.21.